The Hall–Kier alpha value is -1.89. The second-order valence-electron chi connectivity index (χ2n) is 5.18. The van der Waals surface area contributed by atoms with Crippen molar-refractivity contribution in [2.75, 3.05) is 6.54 Å². The summed E-state index contributed by atoms with van der Waals surface area (Å²) in [5, 5.41) is 0.530. The lowest BCUT2D eigenvalue weighted by molar-refractivity contribution is -0.133. The Bertz CT molecular complexity index is 804. The average Bonchev–Trinajstić information content (AvgIpc) is 2.55. The van der Waals surface area contributed by atoms with Crippen LogP contribution in [0.5, 0.6) is 5.75 Å². The van der Waals surface area contributed by atoms with Crippen LogP contribution in [0.2, 0.25) is 5.02 Å². The molecule has 0 aliphatic rings. The molecule has 0 saturated carbocycles. The van der Waals surface area contributed by atoms with E-state index < -0.39 is 22.5 Å². The number of nitrogens with one attached hydrogen (secondary N) is 1. The Morgan fingerprint density at radius 2 is 1.83 bits per heavy atom. The van der Waals surface area contributed by atoms with E-state index in [9.17, 15) is 13.2 Å². The summed E-state index contributed by atoms with van der Waals surface area (Å²) in [6.07, 6.45) is 0.819. The van der Waals surface area contributed by atoms with Crippen LogP contribution in [0.3, 0.4) is 0 Å². The van der Waals surface area contributed by atoms with Crippen molar-refractivity contribution in [3.63, 3.8) is 0 Å². The third kappa shape index (κ3) is 5.96. The molecule has 0 amide bonds. The second-order valence-corrected chi connectivity index (χ2v) is 7.42. The largest absolute Gasteiger partial charge is 0.426 e. The van der Waals surface area contributed by atoms with E-state index in [2.05, 4.69) is 4.72 Å². The van der Waals surface area contributed by atoms with Crippen LogP contribution in [0.4, 0.5) is 0 Å². The van der Waals surface area contributed by atoms with Gasteiger partial charge in [-0.05, 0) is 41.8 Å². The van der Waals surface area contributed by atoms with Crippen LogP contribution >= 0.6 is 11.6 Å². The van der Waals surface area contributed by atoms with E-state index in [1.54, 1.807) is 42.5 Å². The van der Waals surface area contributed by atoms with Gasteiger partial charge in [0.25, 0.3) is 0 Å². The molecule has 0 aliphatic carbocycles. The molecule has 0 aliphatic heterocycles. The molecule has 0 unspecified atom stereocenters. The number of halogens is 1. The van der Waals surface area contributed by atoms with Crippen LogP contribution in [0, 0.1) is 0 Å². The molecule has 2 aromatic rings. The minimum Gasteiger partial charge on any atom is -0.426 e. The quantitative estimate of drug-likeness (QED) is 0.603. The first-order chi connectivity index (χ1) is 11.4. The Morgan fingerprint density at radius 3 is 2.50 bits per heavy atom. The van der Waals surface area contributed by atoms with Crippen LogP contribution < -0.4 is 9.46 Å². The highest BCUT2D eigenvalue weighted by atomic mass is 35.5. The number of benzene rings is 2. The number of esters is 1. The average molecular weight is 368 g/mol. The molecule has 0 fully saturated rings. The molecule has 0 heterocycles. The van der Waals surface area contributed by atoms with Crippen molar-refractivity contribution in [2.45, 2.75) is 19.1 Å². The molecule has 0 spiro atoms. The summed E-state index contributed by atoms with van der Waals surface area (Å²) in [6, 6.07) is 13.6. The number of aryl methyl sites for hydroxylation is 1. The number of carbonyl (C=O) groups excluding carboxylic acids is 1. The van der Waals surface area contributed by atoms with Crippen molar-refractivity contribution in [1.29, 1.82) is 0 Å². The topological polar surface area (TPSA) is 72.5 Å². The van der Waals surface area contributed by atoms with Crippen LogP contribution in [0.1, 0.15) is 18.1 Å². The molecule has 128 valence electrons. The second kappa shape index (κ2) is 8.28. The monoisotopic (exact) mass is 367 g/mol. The highest BCUT2D eigenvalue weighted by molar-refractivity contribution is 7.88. The standard InChI is InChI=1S/C17H18ClNO4S/c1-2-13-4-3-5-16(10-13)23-17(20)11-19-24(21,22)12-14-6-8-15(18)9-7-14/h3-10,19H,2,11-12H2,1H3. The van der Waals surface area contributed by atoms with E-state index in [4.69, 9.17) is 16.3 Å². The maximum Gasteiger partial charge on any atom is 0.326 e. The minimum absolute atomic E-state index is 0.233. The van der Waals surface area contributed by atoms with Crippen molar-refractivity contribution in [3.05, 3.63) is 64.7 Å². The molecule has 2 aromatic carbocycles. The third-order valence-electron chi connectivity index (χ3n) is 3.24. The maximum absolute atomic E-state index is 12.0. The lowest BCUT2D eigenvalue weighted by Gasteiger charge is -2.08. The number of rotatable bonds is 7. The molecule has 0 radical (unpaired) electrons. The van der Waals surface area contributed by atoms with E-state index in [1.807, 2.05) is 13.0 Å². The van der Waals surface area contributed by atoms with Crippen molar-refractivity contribution in [2.24, 2.45) is 0 Å². The van der Waals surface area contributed by atoms with E-state index in [0.29, 0.717) is 16.3 Å². The molecule has 1 N–H and O–H groups in total. The molecule has 0 aromatic heterocycles. The number of ether oxygens (including phenoxy) is 1. The van der Waals surface area contributed by atoms with E-state index in [1.165, 1.54) is 0 Å². The molecule has 0 atom stereocenters. The van der Waals surface area contributed by atoms with Gasteiger partial charge in [-0.3, -0.25) is 4.79 Å². The summed E-state index contributed by atoms with van der Waals surface area (Å²) >= 11 is 5.76. The van der Waals surface area contributed by atoms with Crippen molar-refractivity contribution in [1.82, 2.24) is 4.72 Å². The molecular weight excluding hydrogens is 350 g/mol. The molecular formula is C17H18ClNO4S. The highest BCUT2D eigenvalue weighted by Gasteiger charge is 2.14. The summed E-state index contributed by atoms with van der Waals surface area (Å²) in [6.45, 7) is 1.57. The number of sulfonamides is 1. The number of carbonyl (C=O) groups is 1. The smallest absolute Gasteiger partial charge is 0.326 e. The summed E-state index contributed by atoms with van der Waals surface area (Å²) in [7, 11) is -3.64. The molecule has 5 nitrogen and oxygen atoms in total. The Kier molecular flexibility index (Phi) is 6.36. The minimum atomic E-state index is -3.64. The summed E-state index contributed by atoms with van der Waals surface area (Å²) in [5.41, 5.74) is 1.61. The molecule has 0 saturated heterocycles. The van der Waals surface area contributed by atoms with Crippen LogP contribution in [-0.2, 0) is 27.0 Å². The molecule has 2 rings (SSSR count). The van der Waals surface area contributed by atoms with Crippen LogP contribution in [0.25, 0.3) is 0 Å². The van der Waals surface area contributed by atoms with Crippen molar-refractivity contribution >= 4 is 27.6 Å². The SMILES string of the molecule is CCc1cccc(OC(=O)CNS(=O)(=O)Cc2ccc(Cl)cc2)c1. The Balaban J connectivity index is 1.88. The number of hydrogen-bond donors (Lipinski definition) is 1. The zero-order valence-electron chi connectivity index (χ0n) is 13.2. The zero-order valence-corrected chi connectivity index (χ0v) is 14.7. The van der Waals surface area contributed by atoms with Gasteiger partial charge in [-0.1, -0.05) is 42.8 Å². The van der Waals surface area contributed by atoms with Gasteiger partial charge in [0.1, 0.15) is 12.3 Å². The first-order valence-corrected chi connectivity index (χ1v) is 9.42. The van der Waals surface area contributed by atoms with Gasteiger partial charge in [0.2, 0.25) is 10.0 Å². The van der Waals surface area contributed by atoms with Crippen molar-refractivity contribution in [3.8, 4) is 5.75 Å². The van der Waals surface area contributed by atoms with E-state index in [-0.39, 0.29) is 5.75 Å². The fourth-order valence-corrected chi connectivity index (χ4v) is 3.21. The summed E-state index contributed by atoms with van der Waals surface area (Å²) < 4.78 is 31.4. The molecule has 24 heavy (non-hydrogen) atoms. The Morgan fingerprint density at radius 1 is 1.12 bits per heavy atom. The summed E-state index contributed by atoms with van der Waals surface area (Å²) in [5.74, 6) is -0.498. The van der Waals surface area contributed by atoms with E-state index in [0.717, 1.165) is 12.0 Å². The van der Waals surface area contributed by atoms with Gasteiger partial charge in [-0.25, -0.2) is 13.1 Å². The van der Waals surface area contributed by atoms with Gasteiger partial charge in [0.15, 0.2) is 0 Å². The first kappa shape index (κ1) is 18.4. The third-order valence-corrected chi connectivity index (χ3v) is 4.79. The zero-order chi connectivity index (χ0) is 17.6. The van der Waals surface area contributed by atoms with Crippen molar-refractivity contribution < 1.29 is 17.9 Å². The molecule has 7 heteroatoms. The fourth-order valence-electron chi connectivity index (χ4n) is 2.02. The fraction of sp³-hybridized carbons (Fsp3) is 0.235. The molecule has 0 bridgehead atoms. The maximum atomic E-state index is 12.0. The first-order valence-electron chi connectivity index (χ1n) is 7.39. The lowest BCUT2D eigenvalue weighted by atomic mass is 10.2. The van der Waals surface area contributed by atoms with Gasteiger partial charge in [-0.2, -0.15) is 0 Å². The normalized spacial score (nSPS) is 11.2. The van der Waals surface area contributed by atoms with Gasteiger partial charge < -0.3 is 4.74 Å². The lowest BCUT2D eigenvalue weighted by Crippen LogP contribution is -2.32. The van der Waals surface area contributed by atoms with E-state index >= 15 is 0 Å². The van der Waals surface area contributed by atoms with Gasteiger partial charge in [-0.15, -0.1) is 0 Å². The van der Waals surface area contributed by atoms with Gasteiger partial charge in [0, 0.05) is 5.02 Å². The van der Waals surface area contributed by atoms with Gasteiger partial charge >= 0.3 is 5.97 Å². The van der Waals surface area contributed by atoms with Crippen LogP contribution in [-0.4, -0.2) is 20.9 Å². The highest BCUT2D eigenvalue weighted by Crippen LogP contribution is 2.14. The number of hydrogen-bond acceptors (Lipinski definition) is 4. The summed E-state index contributed by atoms with van der Waals surface area (Å²) in [4.78, 5) is 11.8. The predicted octanol–water partition coefficient (Wildman–Crippen LogP) is 2.93. The predicted molar refractivity (Wildman–Crippen MR) is 93.5 cm³/mol. The van der Waals surface area contributed by atoms with Gasteiger partial charge in [0.05, 0.1) is 5.75 Å². The Labute approximate surface area is 146 Å². The van der Waals surface area contributed by atoms with Crippen LogP contribution in [0.15, 0.2) is 48.5 Å².